The van der Waals surface area contributed by atoms with E-state index >= 15 is 0 Å². The van der Waals surface area contributed by atoms with E-state index in [4.69, 9.17) is 9.72 Å². The smallest absolute Gasteiger partial charge is 0.323 e. The normalized spacial score (nSPS) is 14.4. The SMILES string of the molecule is CC(C)Oc1ccccc1CN(CC(=O)O)C(=O)CCn1c(C2CCCCC2)nc2ccccc21. The molecule has 1 saturated carbocycles. The highest BCUT2D eigenvalue weighted by Crippen LogP contribution is 2.34. The molecular formula is C28H35N3O4. The maximum Gasteiger partial charge on any atom is 0.323 e. The van der Waals surface area contributed by atoms with Crippen molar-refractivity contribution in [1.82, 2.24) is 14.5 Å². The average molecular weight is 478 g/mol. The molecule has 7 heteroatoms. The molecular weight excluding hydrogens is 442 g/mol. The predicted molar refractivity (Wildman–Crippen MR) is 135 cm³/mol. The number of amides is 1. The molecule has 0 aliphatic heterocycles. The Labute approximate surface area is 206 Å². The van der Waals surface area contributed by atoms with Crippen LogP contribution in [0.3, 0.4) is 0 Å². The van der Waals surface area contributed by atoms with Crippen molar-refractivity contribution in [3.8, 4) is 5.75 Å². The largest absolute Gasteiger partial charge is 0.491 e. The van der Waals surface area contributed by atoms with Crippen LogP contribution >= 0.6 is 0 Å². The molecule has 1 aliphatic rings. The van der Waals surface area contributed by atoms with Gasteiger partial charge in [0.1, 0.15) is 18.1 Å². The Morgan fingerprint density at radius 3 is 2.54 bits per heavy atom. The zero-order valence-corrected chi connectivity index (χ0v) is 20.7. The van der Waals surface area contributed by atoms with E-state index in [-0.39, 0.29) is 31.5 Å². The summed E-state index contributed by atoms with van der Waals surface area (Å²) in [5, 5.41) is 9.49. The van der Waals surface area contributed by atoms with E-state index in [0.717, 1.165) is 35.3 Å². The number of aryl methyl sites for hydroxylation is 1. The van der Waals surface area contributed by atoms with Gasteiger partial charge in [-0.15, -0.1) is 0 Å². The first-order valence-corrected chi connectivity index (χ1v) is 12.6. The number of carboxylic acids is 1. The van der Waals surface area contributed by atoms with Crippen LogP contribution in [0.1, 0.15) is 69.7 Å². The number of para-hydroxylation sites is 3. The van der Waals surface area contributed by atoms with Gasteiger partial charge < -0.3 is 19.3 Å². The highest BCUT2D eigenvalue weighted by Gasteiger charge is 2.24. The van der Waals surface area contributed by atoms with Gasteiger partial charge in [-0.1, -0.05) is 49.6 Å². The number of hydrogen-bond donors (Lipinski definition) is 1. The van der Waals surface area contributed by atoms with E-state index in [0.29, 0.717) is 18.2 Å². The molecule has 186 valence electrons. The lowest BCUT2D eigenvalue weighted by molar-refractivity contribution is -0.145. The van der Waals surface area contributed by atoms with Gasteiger partial charge >= 0.3 is 5.97 Å². The highest BCUT2D eigenvalue weighted by molar-refractivity contribution is 5.82. The van der Waals surface area contributed by atoms with Crippen molar-refractivity contribution in [2.45, 2.75) is 77.5 Å². The number of fused-ring (bicyclic) bond motifs is 1. The number of carbonyl (C=O) groups is 2. The number of aliphatic carboxylic acids is 1. The summed E-state index contributed by atoms with van der Waals surface area (Å²) in [6.45, 7) is 4.20. The predicted octanol–water partition coefficient (Wildman–Crippen LogP) is 5.37. The number of carbonyl (C=O) groups excluding carboxylic acids is 1. The topological polar surface area (TPSA) is 84.7 Å². The Morgan fingerprint density at radius 2 is 1.80 bits per heavy atom. The van der Waals surface area contributed by atoms with Crippen molar-refractivity contribution in [2.75, 3.05) is 6.54 Å². The number of hydrogen-bond acceptors (Lipinski definition) is 4. The van der Waals surface area contributed by atoms with Crippen LogP contribution in [0.4, 0.5) is 0 Å². The molecule has 0 saturated heterocycles. The van der Waals surface area contributed by atoms with Gasteiger partial charge in [0.2, 0.25) is 5.91 Å². The molecule has 0 unspecified atom stereocenters. The lowest BCUT2D eigenvalue weighted by Gasteiger charge is -2.24. The van der Waals surface area contributed by atoms with Crippen molar-refractivity contribution in [3.63, 3.8) is 0 Å². The standard InChI is InChI=1S/C28H35N3O4/c1-20(2)35-25-15-9-6-12-22(25)18-30(19-27(33)34)26(32)16-17-31-24-14-8-7-13-23(24)29-28(31)21-10-4-3-5-11-21/h6-9,12-15,20-21H,3-5,10-11,16-19H2,1-2H3,(H,33,34). The van der Waals surface area contributed by atoms with Gasteiger partial charge in [0.15, 0.2) is 0 Å². The van der Waals surface area contributed by atoms with Crippen LogP contribution in [0.5, 0.6) is 5.75 Å². The number of benzene rings is 2. The molecule has 0 bridgehead atoms. The van der Waals surface area contributed by atoms with E-state index in [1.54, 1.807) is 0 Å². The second-order valence-electron chi connectivity index (χ2n) is 9.61. The number of rotatable bonds is 10. The molecule has 1 N–H and O–H groups in total. The minimum atomic E-state index is -1.03. The third-order valence-corrected chi connectivity index (χ3v) is 6.58. The van der Waals surface area contributed by atoms with E-state index in [1.165, 1.54) is 24.2 Å². The van der Waals surface area contributed by atoms with Gasteiger partial charge in [0.25, 0.3) is 0 Å². The van der Waals surface area contributed by atoms with Crippen molar-refractivity contribution in [2.24, 2.45) is 0 Å². The first-order valence-electron chi connectivity index (χ1n) is 12.6. The maximum absolute atomic E-state index is 13.3. The number of ether oxygens (including phenoxy) is 1. The van der Waals surface area contributed by atoms with E-state index < -0.39 is 5.97 Å². The molecule has 1 aromatic heterocycles. The van der Waals surface area contributed by atoms with E-state index in [2.05, 4.69) is 4.57 Å². The maximum atomic E-state index is 13.3. The molecule has 1 heterocycles. The molecule has 1 aliphatic carbocycles. The molecule has 0 atom stereocenters. The Hall–Kier alpha value is -3.35. The number of aromatic nitrogens is 2. The molecule has 0 radical (unpaired) electrons. The summed E-state index contributed by atoms with van der Waals surface area (Å²) >= 11 is 0. The summed E-state index contributed by atoms with van der Waals surface area (Å²) in [4.78, 5) is 31.3. The van der Waals surface area contributed by atoms with Crippen molar-refractivity contribution < 1.29 is 19.4 Å². The Balaban J connectivity index is 1.54. The fourth-order valence-electron chi connectivity index (χ4n) is 4.97. The summed E-state index contributed by atoms with van der Waals surface area (Å²) in [5.41, 5.74) is 2.77. The van der Waals surface area contributed by atoms with Gasteiger partial charge in [-0.05, 0) is 44.9 Å². The second-order valence-corrected chi connectivity index (χ2v) is 9.61. The fraction of sp³-hybridized carbons (Fsp3) is 0.464. The lowest BCUT2D eigenvalue weighted by Crippen LogP contribution is -2.36. The Bertz CT molecular complexity index is 1160. The molecule has 4 rings (SSSR count). The summed E-state index contributed by atoms with van der Waals surface area (Å²) in [5.74, 6) is 0.905. The first-order chi connectivity index (χ1) is 16.9. The van der Waals surface area contributed by atoms with Crippen LogP contribution in [-0.2, 0) is 22.7 Å². The quantitative estimate of drug-likeness (QED) is 0.424. The molecule has 1 fully saturated rings. The lowest BCUT2D eigenvalue weighted by atomic mass is 9.88. The van der Waals surface area contributed by atoms with Gasteiger partial charge in [-0.3, -0.25) is 9.59 Å². The van der Waals surface area contributed by atoms with Crippen molar-refractivity contribution in [3.05, 3.63) is 59.9 Å². The summed E-state index contributed by atoms with van der Waals surface area (Å²) in [7, 11) is 0. The molecule has 1 amide bonds. The Kier molecular flexibility index (Phi) is 8.06. The fourth-order valence-corrected chi connectivity index (χ4v) is 4.97. The van der Waals surface area contributed by atoms with Gasteiger partial charge in [0, 0.05) is 31.0 Å². The molecule has 2 aromatic carbocycles. The van der Waals surface area contributed by atoms with Crippen LogP contribution in [0.25, 0.3) is 11.0 Å². The highest BCUT2D eigenvalue weighted by atomic mass is 16.5. The van der Waals surface area contributed by atoms with Crippen LogP contribution < -0.4 is 4.74 Å². The summed E-state index contributed by atoms with van der Waals surface area (Å²) < 4.78 is 8.06. The molecule has 7 nitrogen and oxygen atoms in total. The minimum Gasteiger partial charge on any atom is -0.491 e. The van der Waals surface area contributed by atoms with Gasteiger partial charge in [0.05, 0.1) is 17.1 Å². The monoisotopic (exact) mass is 477 g/mol. The van der Waals surface area contributed by atoms with Gasteiger partial charge in [-0.25, -0.2) is 4.98 Å². The molecule has 3 aromatic rings. The first kappa shape index (κ1) is 24.8. The number of imidazole rings is 1. The van der Waals surface area contributed by atoms with Crippen molar-refractivity contribution in [1.29, 1.82) is 0 Å². The van der Waals surface area contributed by atoms with Crippen LogP contribution in [0.15, 0.2) is 48.5 Å². The van der Waals surface area contributed by atoms with Crippen LogP contribution in [0.2, 0.25) is 0 Å². The zero-order valence-electron chi connectivity index (χ0n) is 20.7. The minimum absolute atomic E-state index is 0.0208. The third-order valence-electron chi connectivity index (χ3n) is 6.58. The third kappa shape index (κ3) is 6.21. The van der Waals surface area contributed by atoms with Gasteiger partial charge in [-0.2, -0.15) is 0 Å². The van der Waals surface area contributed by atoms with E-state index in [1.807, 2.05) is 62.4 Å². The summed E-state index contributed by atoms with van der Waals surface area (Å²) in [6.07, 6.45) is 6.10. The second kappa shape index (κ2) is 11.4. The molecule has 0 spiro atoms. The average Bonchev–Trinajstić information content (AvgIpc) is 3.22. The van der Waals surface area contributed by atoms with Crippen LogP contribution in [-0.4, -0.2) is 44.1 Å². The van der Waals surface area contributed by atoms with Crippen molar-refractivity contribution >= 4 is 22.9 Å². The molecule has 35 heavy (non-hydrogen) atoms. The number of carboxylic acid groups (broad SMARTS) is 1. The Morgan fingerprint density at radius 1 is 1.09 bits per heavy atom. The zero-order chi connectivity index (χ0) is 24.8. The summed E-state index contributed by atoms with van der Waals surface area (Å²) in [6, 6.07) is 15.5. The number of nitrogens with zero attached hydrogens (tertiary/aromatic N) is 3. The van der Waals surface area contributed by atoms with E-state index in [9.17, 15) is 14.7 Å². The van der Waals surface area contributed by atoms with Crippen LogP contribution in [0, 0.1) is 0 Å².